The van der Waals surface area contributed by atoms with Crippen LogP contribution in [0.1, 0.15) is 43.9 Å². The molecule has 1 aromatic heterocycles. The van der Waals surface area contributed by atoms with Gasteiger partial charge in [-0.05, 0) is 68.3 Å². The third kappa shape index (κ3) is 3.24. The van der Waals surface area contributed by atoms with Gasteiger partial charge in [-0.2, -0.15) is 0 Å². The van der Waals surface area contributed by atoms with E-state index in [1.54, 1.807) is 23.1 Å². The van der Waals surface area contributed by atoms with E-state index < -0.39 is 5.79 Å². The molecule has 6 heteroatoms. The summed E-state index contributed by atoms with van der Waals surface area (Å²) in [5, 5.41) is 14.6. The SMILES string of the molecule is CC1(C)OCC(C)(c2csc(Sc3ccc4c(c3)CCC4=NO)c2)O1. The van der Waals surface area contributed by atoms with Crippen molar-refractivity contribution in [2.45, 2.75) is 54.1 Å². The minimum atomic E-state index is -0.532. The summed E-state index contributed by atoms with van der Waals surface area (Å²) in [7, 11) is 0. The van der Waals surface area contributed by atoms with Crippen molar-refractivity contribution >= 4 is 28.8 Å². The van der Waals surface area contributed by atoms with Crippen molar-refractivity contribution in [1.82, 2.24) is 0 Å². The van der Waals surface area contributed by atoms with Gasteiger partial charge in [0, 0.05) is 10.5 Å². The van der Waals surface area contributed by atoms with Crippen molar-refractivity contribution < 1.29 is 14.7 Å². The van der Waals surface area contributed by atoms with Crippen LogP contribution in [0.3, 0.4) is 0 Å². The lowest BCUT2D eigenvalue weighted by molar-refractivity contribution is -0.159. The summed E-state index contributed by atoms with van der Waals surface area (Å²) >= 11 is 3.49. The molecule has 2 aromatic rings. The highest BCUT2D eigenvalue weighted by Gasteiger charge is 2.43. The van der Waals surface area contributed by atoms with E-state index in [0.717, 1.165) is 24.1 Å². The lowest BCUT2D eigenvalue weighted by Gasteiger charge is -2.24. The molecule has 25 heavy (non-hydrogen) atoms. The number of fused-ring (bicyclic) bond motifs is 1. The number of thiophene rings is 1. The first kappa shape index (κ1) is 17.1. The number of hydrogen-bond acceptors (Lipinski definition) is 6. The quantitative estimate of drug-likeness (QED) is 0.604. The van der Waals surface area contributed by atoms with E-state index in [1.165, 1.54) is 20.2 Å². The van der Waals surface area contributed by atoms with E-state index in [0.29, 0.717) is 6.61 Å². The number of aryl methyl sites for hydroxylation is 1. The van der Waals surface area contributed by atoms with E-state index in [9.17, 15) is 0 Å². The van der Waals surface area contributed by atoms with Crippen molar-refractivity contribution in [3.63, 3.8) is 0 Å². The predicted molar refractivity (Wildman–Crippen MR) is 100.0 cm³/mol. The maximum Gasteiger partial charge on any atom is 0.164 e. The number of ether oxygens (including phenoxy) is 2. The molecule has 132 valence electrons. The zero-order chi connectivity index (χ0) is 17.7. The van der Waals surface area contributed by atoms with Gasteiger partial charge in [0.05, 0.1) is 16.5 Å². The molecule has 2 heterocycles. The highest BCUT2D eigenvalue weighted by atomic mass is 32.2. The van der Waals surface area contributed by atoms with E-state index in [1.807, 2.05) is 13.8 Å². The average molecular weight is 376 g/mol. The summed E-state index contributed by atoms with van der Waals surface area (Å²) in [6.45, 7) is 6.57. The third-order valence-corrected chi connectivity index (χ3v) is 6.78. The second-order valence-corrected chi connectivity index (χ2v) is 9.43. The second-order valence-electron chi connectivity index (χ2n) is 7.14. The summed E-state index contributed by atoms with van der Waals surface area (Å²) in [6, 6.07) is 8.57. The highest BCUT2D eigenvalue weighted by Crippen LogP contribution is 2.43. The first-order valence-electron chi connectivity index (χ1n) is 8.34. The van der Waals surface area contributed by atoms with Crippen LogP contribution in [0.25, 0.3) is 0 Å². The molecule has 1 unspecified atom stereocenters. The fourth-order valence-corrected chi connectivity index (χ4v) is 5.57. The summed E-state index contributed by atoms with van der Waals surface area (Å²) in [5.41, 5.74) is 3.91. The lowest BCUT2D eigenvalue weighted by atomic mass is 10.0. The molecule has 1 fully saturated rings. The van der Waals surface area contributed by atoms with Gasteiger partial charge in [-0.3, -0.25) is 0 Å². The number of hydrogen-bond donors (Lipinski definition) is 1. The molecular formula is C19H21NO3S2. The van der Waals surface area contributed by atoms with Crippen LogP contribution in [0.15, 0.2) is 43.9 Å². The number of oxime groups is 1. The molecule has 4 rings (SSSR count). The van der Waals surface area contributed by atoms with Crippen molar-refractivity contribution in [2.75, 3.05) is 6.61 Å². The third-order valence-electron chi connectivity index (χ3n) is 4.71. The van der Waals surface area contributed by atoms with Crippen LogP contribution in [0.4, 0.5) is 0 Å². The number of benzene rings is 1. The Labute approximate surface area is 155 Å². The molecule has 4 nitrogen and oxygen atoms in total. The Hall–Kier alpha value is -1.34. The maximum atomic E-state index is 9.05. The Balaban J connectivity index is 1.53. The normalized spacial score (nSPS) is 26.3. The number of nitrogens with zero attached hydrogens (tertiary/aromatic N) is 1. The Morgan fingerprint density at radius 2 is 2.04 bits per heavy atom. The highest BCUT2D eigenvalue weighted by molar-refractivity contribution is 8.01. The number of rotatable bonds is 3. The molecular weight excluding hydrogens is 354 g/mol. The van der Waals surface area contributed by atoms with Crippen molar-refractivity contribution in [1.29, 1.82) is 0 Å². The van der Waals surface area contributed by atoms with Crippen molar-refractivity contribution in [3.05, 3.63) is 46.3 Å². The second kappa shape index (κ2) is 6.13. The molecule has 0 saturated carbocycles. The van der Waals surface area contributed by atoms with Gasteiger partial charge in [0.25, 0.3) is 0 Å². The molecule has 1 atom stereocenters. The van der Waals surface area contributed by atoms with Crippen LogP contribution in [0.5, 0.6) is 0 Å². The fourth-order valence-electron chi connectivity index (χ4n) is 3.43. The van der Waals surface area contributed by atoms with Crippen LogP contribution >= 0.6 is 23.1 Å². The molecule has 0 amide bonds. The van der Waals surface area contributed by atoms with Crippen LogP contribution < -0.4 is 0 Å². The summed E-state index contributed by atoms with van der Waals surface area (Å²) < 4.78 is 13.1. The predicted octanol–water partition coefficient (Wildman–Crippen LogP) is 5.02. The first-order chi connectivity index (χ1) is 11.9. The molecule has 1 saturated heterocycles. The van der Waals surface area contributed by atoms with Gasteiger partial charge in [0.2, 0.25) is 0 Å². The van der Waals surface area contributed by atoms with Gasteiger partial charge >= 0.3 is 0 Å². The average Bonchev–Trinajstić information content (AvgIpc) is 3.25. The smallest absolute Gasteiger partial charge is 0.164 e. The van der Waals surface area contributed by atoms with Crippen LogP contribution in [0.2, 0.25) is 0 Å². The van der Waals surface area contributed by atoms with Crippen LogP contribution in [0, 0.1) is 0 Å². The molecule has 1 N–H and O–H groups in total. The van der Waals surface area contributed by atoms with Gasteiger partial charge in [-0.1, -0.05) is 23.0 Å². The summed E-state index contributed by atoms with van der Waals surface area (Å²) in [4.78, 5) is 1.21. The zero-order valence-corrected chi connectivity index (χ0v) is 16.2. The van der Waals surface area contributed by atoms with Gasteiger partial charge in [-0.15, -0.1) is 11.3 Å². The van der Waals surface area contributed by atoms with E-state index in [-0.39, 0.29) is 5.60 Å². The molecule has 1 aromatic carbocycles. The van der Waals surface area contributed by atoms with Gasteiger partial charge in [-0.25, -0.2) is 0 Å². The van der Waals surface area contributed by atoms with Crippen molar-refractivity contribution in [2.24, 2.45) is 5.16 Å². The first-order valence-corrected chi connectivity index (χ1v) is 10.0. The van der Waals surface area contributed by atoms with E-state index >= 15 is 0 Å². The van der Waals surface area contributed by atoms with Crippen LogP contribution in [-0.4, -0.2) is 23.3 Å². The Morgan fingerprint density at radius 3 is 2.76 bits per heavy atom. The maximum absolute atomic E-state index is 9.05. The summed E-state index contributed by atoms with van der Waals surface area (Å²) in [5.74, 6) is -0.532. The van der Waals surface area contributed by atoms with Crippen LogP contribution in [-0.2, 0) is 21.5 Å². The summed E-state index contributed by atoms with van der Waals surface area (Å²) in [6.07, 6.45) is 1.76. The lowest BCUT2D eigenvalue weighted by Crippen LogP contribution is -2.27. The van der Waals surface area contributed by atoms with Gasteiger partial charge in [0.1, 0.15) is 5.60 Å². The standard InChI is InChI=1S/C19H21NO3S2/c1-18(2)22-11-19(3,23-18)13-9-17(24-10-13)25-14-5-6-15-12(8-14)4-7-16(15)20-21/h5-6,8-10,21H,4,7,11H2,1-3H3. The Kier molecular flexibility index (Phi) is 4.19. The van der Waals surface area contributed by atoms with E-state index in [2.05, 4.69) is 41.7 Å². The molecule has 1 aliphatic heterocycles. The minimum absolute atomic E-state index is 0.386. The topological polar surface area (TPSA) is 51.0 Å². The molecule has 0 spiro atoms. The Morgan fingerprint density at radius 1 is 1.20 bits per heavy atom. The molecule has 1 aliphatic carbocycles. The largest absolute Gasteiger partial charge is 0.411 e. The van der Waals surface area contributed by atoms with Gasteiger partial charge in [0.15, 0.2) is 5.79 Å². The minimum Gasteiger partial charge on any atom is -0.411 e. The fraction of sp³-hybridized carbons (Fsp3) is 0.421. The zero-order valence-electron chi connectivity index (χ0n) is 14.5. The monoisotopic (exact) mass is 375 g/mol. The Bertz CT molecular complexity index is 843. The van der Waals surface area contributed by atoms with Gasteiger partial charge < -0.3 is 14.7 Å². The van der Waals surface area contributed by atoms with E-state index in [4.69, 9.17) is 14.7 Å². The molecule has 0 radical (unpaired) electrons. The molecule has 0 bridgehead atoms. The van der Waals surface area contributed by atoms with Crippen molar-refractivity contribution in [3.8, 4) is 0 Å². The molecule has 2 aliphatic rings.